The van der Waals surface area contributed by atoms with Crippen LogP contribution in [0.2, 0.25) is 0 Å². The monoisotopic (exact) mass is 288 g/mol. The molecule has 1 aromatic carbocycles. The van der Waals surface area contributed by atoms with Crippen LogP contribution >= 0.6 is 11.8 Å². The first kappa shape index (κ1) is 14.9. The maximum Gasteiger partial charge on any atom is 0.252 e. The highest BCUT2D eigenvalue weighted by atomic mass is 32.2. The van der Waals surface area contributed by atoms with Crippen molar-refractivity contribution in [1.82, 2.24) is 5.32 Å². The zero-order valence-electron chi connectivity index (χ0n) is 11.8. The minimum Gasteiger partial charge on any atom is -0.349 e. The van der Waals surface area contributed by atoms with E-state index in [4.69, 9.17) is 5.26 Å². The molecule has 1 N–H and O–H groups in total. The van der Waals surface area contributed by atoms with Crippen molar-refractivity contribution in [2.75, 3.05) is 5.75 Å². The van der Waals surface area contributed by atoms with Crippen LogP contribution in [-0.4, -0.2) is 17.7 Å². The number of benzene rings is 1. The van der Waals surface area contributed by atoms with E-state index in [0.29, 0.717) is 17.4 Å². The van der Waals surface area contributed by atoms with Crippen LogP contribution in [0.4, 0.5) is 0 Å². The summed E-state index contributed by atoms with van der Waals surface area (Å²) in [5.41, 5.74) is 0.686. The van der Waals surface area contributed by atoms with Gasteiger partial charge in [0.1, 0.15) is 0 Å². The standard InChI is InChI=1S/C16H20N2OS/c1-12-6-8-13(9-7-12)18-16(19)14-4-2-3-5-15(14)20-11-10-17/h2-5,12-13H,6-9,11H2,1H3,(H,18,19). The predicted octanol–water partition coefficient (Wildman–Crippen LogP) is 3.61. The van der Waals surface area contributed by atoms with Gasteiger partial charge in [0.15, 0.2) is 0 Å². The van der Waals surface area contributed by atoms with E-state index in [2.05, 4.69) is 18.3 Å². The molecule has 20 heavy (non-hydrogen) atoms. The summed E-state index contributed by atoms with van der Waals surface area (Å²) in [6.07, 6.45) is 4.52. The second-order valence-corrected chi connectivity index (χ2v) is 6.39. The molecule has 0 saturated heterocycles. The summed E-state index contributed by atoms with van der Waals surface area (Å²) >= 11 is 1.42. The van der Waals surface area contributed by atoms with Gasteiger partial charge in [-0.25, -0.2) is 0 Å². The third kappa shape index (κ3) is 4.01. The number of hydrogen-bond donors (Lipinski definition) is 1. The number of nitriles is 1. The molecule has 1 aromatic rings. The Hall–Kier alpha value is -1.47. The van der Waals surface area contributed by atoms with Crippen molar-refractivity contribution in [1.29, 1.82) is 5.26 Å². The normalized spacial score (nSPS) is 22.0. The molecule has 1 amide bonds. The zero-order valence-corrected chi connectivity index (χ0v) is 12.6. The second-order valence-electron chi connectivity index (χ2n) is 5.37. The van der Waals surface area contributed by atoms with E-state index in [1.165, 1.54) is 24.6 Å². The van der Waals surface area contributed by atoms with Crippen molar-refractivity contribution >= 4 is 17.7 Å². The van der Waals surface area contributed by atoms with Crippen molar-refractivity contribution in [2.45, 2.75) is 43.5 Å². The molecular weight excluding hydrogens is 268 g/mol. The summed E-state index contributed by atoms with van der Waals surface area (Å²) in [7, 11) is 0. The van der Waals surface area contributed by atoms with Crippen LogP contribution in [0, 0.1) is 17.2 Å². The number of nitrogens with one attached hydrogen (secondary N) is 1. The Bertz CT molecular complexity index is 501. The largest absolute Gasteiger partial charge is 0.349 e. The SMILES string of the molecule is CC1CCC(NC(=O)c2ccccc2SCC#N)CC1. The lowest BCUT2D eigenvalue weighted by molar-refractivity contribution is 0.0920. The average molecular weight is 288 g/mol. The molecule has 0 spiro atoms. The van der Waals surface area contributed by atoms with Gasteiger partial charge in [0.25, 0.3) is 5.91 Å². The van der Waals surface area contributed by atoms with Crippen molar-refractivity contribution in [3.8, 4) is 6.07 Å². The van der Waals surface area contributed by atoms with Crippen molar-refractivity contribution in [3.05, 3.63) is 29.8 Å². The molecule has 4 heteroatoms. The molecule has 1 aliphatic carbocycles. The van der Waals surface area contributed by atoms with Gasteiger partial charge in [-0.15, -0.1) is 11.8 Å². The van der Waals surface area contributed by atoms with Crippen LogP contribution in [-0.2, 0) is 0 Å². The molecule has 106 valence electrons. The van der Waals surface area contributed by atoms with Gasteiger partial charge in [-0.3, -0.25) is 4.79 Å². The number of thioether (sulfide) groups is 1. The Morgan fingerprint density at radius 3 is 2.75 bits per heavy atom. The molecule has 1 fully saturated rings. The van der Waals surface area contributed by atoms with E-state index in [1.807, 2.05) is 24.3 Å². The minimum absolute atomic E-state index is 0.00871. The lowest BCUT2D eigenvalue weighted by Gasteiger charge is -2.27. The van der Waals surface area contributed by atoms with Gasteiger partial charge in [-0.2, -0.15) is 5.26 Å². The van der Waals surface area contributed by atoms with Crippen LogP contribution < -0.4 is 5.32 Å². The average Bonchev–Trinajstić information content (AvgIpc) is 2.47. The van der Waals surface area contributed by atoms with Gasteiger partial charge >= 0.3 is 0 Å². The summed E-state index contributed by atoms with van der Waals surface area (Å²) < 4.78 is 0. The van der Waals surface area contributed by atoms with Gasteiger partial charge < -0.3 is 5.32 Å². The van der Waals surface area contributed by atoms with Gasteiger partial charge in [0.05, 0.1) is 17.4 Å². The molecule has 0 radical (unpaired) electrons. The topological polar surface area (TPSA) is 52.9 Å². The second kappa shape index (κ2) is 7.35. The molecular formula is C16H20N2OS. The molecule has 0 unspecified atom stereocenters. The fourth-order valence-electron chi connectivity index (χ4n) is 2.56. The molecule has 1 aliphatic rings. The summed E-state index contributed by atoms with van der Waals surface area (Å²) in [4.78, 5) is 13.3. The zero-order chi connectivity index (χ0) is 14.4. The number of carbonyl (C=O) groups excluding carboxylic acids is 1. The third-order valence-corrected chi connectivity index (χ3v) is 4.72. The van der Waals surface area contributed by atoms with E-state index < -0.39 is 0 Å². The smallest absolute Gasteiger partial charge is 0.252 e. The fourth-order valence-corrected chi connectivity index (χ4v) is 3.27. The fraction of sp³-hybridized carbons (Fsp3) is 0.500. The number of amides is 1. The summed E-state index contributed by atoms with van der Waals surface area (Å²) in [6.45, 7) is 2.27. The van der Waals surface area contributed by atoms with E-state index >= 15 is 0 Å². The van der Waals surface area contributed by atoms with Gasteiger partial charge in [-0.05, 0) is 43.7 Å². The molecule has 0 aliphatic heterocycles. The Morgan fingerprint density at radius 2 is 2.05 bits per heavy atom. The van der Waals surface area contributed by atoms with Crippen molar-refractivity contribution < 1.29 is 4.79 Å². The maximum absolute atomic E-state index is 12.4. The Labute approximate surface area is 124 Å². The first-order valence-corrected chi connectivity index (χ1v) is 8.09. The van der Waals surface area contributed by atoms with Crippen LogP contribution in [0.15, 0.2) is 29.2 Å². The summed E-state index contributed by atoms with van der Waals surface area (Å²) in [5.74, 6) is 1.14. The minimum atomic E-state index is -0.00871. The van der Waals surface area contributed by atoms with Crippen molar-refractivity contribution in [2.24, 2.45) is 5.92 Å². The molecule has 0 heterocycles. The highest BCUT2D eigenvalue weighted by Crippen LogP contribution is 2.25. The van der Waals surface area contributed by atoms with Crippen LogP contribution in [0.1, 0.15) is 43.0 Å². The highest BCUT2D eigenvalue weighted by molar-refractivity contribution is 7.99. The van der Waals surface area contributed by atoms with Gasteiger partial charge in [-0.1, -0.05) is 19.1 Å². The molecule has 2 rings (SSSR count). The lowest BCUT2D eigenvalue weighted by Crippen LogP contribution is -2.37. The maximum atomic E-state index is 12.4. The quantitative estimate of drug-likeness (QED) is 0.861. The Kier molecular flexibility index (Phi) is 5.49. The predicted molar refractivity (Wildman–Crippen MR) is 81.7 cm³/mol. The van der Waals surface area contributed by atoms with Gasteiger partial charge in [0.2, 0.25) is 0 Å². The van der Waals surface area contributed by atoms with Crippen molar-refractivity contribution in [3.63, 3.8) is 0 Å². The van der Waals surface area contributed by atoms with E-state index in [1.54, 1.807) is 0 Å². The summed E-state index contributed by atoms with van der Waals surface area (Å²) in [5, 5.41) is 11.8. The molecule has 0 bridgehead atoms. The van der Waals surface area contributed by atoms with Crippen LogP contribution in [0.25, 0.3) is 0 Å². The molecule has 0 aromatic heterocycles. The highest BCUT2D eigenvalue weighted by Gasteiger charge is 2.21. The van der Waals surface area contributed by atoms with Gasteiger partial charge in [0, 0.05) is 10.9 Å². The van der Waals surface area contributed by atoms with Crippen LogP contribution in [0.3, 0.4) is 0 Å². The van der Waals surface area contributed by atoms with Crippen LogP contribution in [0.5, 0.6) is 0 Å². The number of carbonyl (C=O) groups is 1. The number of nitrogens with zero attached hydrogens (tertiary/aromatic N) is 1. The lowest BCUT2D eigenvalue weighted by atomic mass is 9.87. The first-order valence-electron chi connectivity index (χ1n) is 7.10. The summed E-state index contributed by atoms with van der Waals surface area (Å²) in [6, 6.07) is 9.91. The number of hydrogen-bond acceptors (Lipinski definition) is 3. The molecule has 3 nitrogen and oxygen atoms in total. The Morgan fingerprint density at radius 1 is 1.35 bits per heavy atom. The van der Waals surface area contributed by atoms with E-state index in [-0.39, 0.29) is 5.91 Å². The first-order chi connectivity index (χ1) is 9.70. The third-order valence-electron chi connectivity index (χ3n) is 3.77. The Balaban J connectivity index is 2.00. The van der Waals surface area contributed by atoms with E-state index in [0.717, 1.165) is 23.7 Å². The van der Waals surface area contributed by atoms with E-state index in [9.17, 15) is 4.79 Å². The molecule has 0 atom stereocenters. The molecule has 1 saturated carbocycles. The number of rotatable bonds is 4.